The van der Waals surface area contributed by atoms with Gasteiger partial charge in [0.1, 0.15) is 11.6 Å². The molecule has 0 aliphatic rings. The third-order valence-corrected chi connectivity index (χ3v) is 2.54. The third kappa shape index (κ3) is 2.78. The molecule has 0 aliphatic heterocycles. The molecule has 0 fully saturated rings. The van der Waals surface area contributed by atoms with Gasteiger partial charge in [0.2, 0.25) is 0 Å². The Balaban J connectivity index is 2.18. The first-order chi connectivity index (χ1) is 8.56. The molecule has 1 amide bonds. The molecule has 0 atom stereocenters. The first kappa shape index (κ1) is 12.4. The summed E-state index contributed by atoms with van der Waals surface area (Å²) in [5, 5.41) is 11.8. The van der Waals surface area contributed by atoms with Crippen molar-refractivity contribution in [2.24, 2.45) is 0 Å². The van der Waals surface area contributed by atoms with Gasteiger partial charge in [-0.15, -0.1) is 0 Å². The topological polar surface area (TPSA) is 49.3 Å². The van der Waals surface area contributed by atoms with E-state index in [2.05, 4.69) is 5.32 Å². The van der Waals surface area contributed by atoms with Crippen LogP contribution in [0.1, 0.15) is 10.4 Å². The maximum absolute atomic E-state index is 13.5. The van der Waals surface area contributed by atoms with Crippen LogP contribution in [0.3, 0.4) is 0 Å². The zero-order valence-corrected chi connectivity index (χ0v) is 9.91. The fraction of sp³-hybridized carbons (Fsp3) is 0. The number of nitrogens with one attached hydrogen (secondary N) is 1. The predicted octanol–water partition coefficient (Wildman–Crippen LogP) is 3.44. The van der Waals surface area contributed by atoms with E-state index < -0.39 is 11.7 Å². The van der Waals surface area contributed by atoms with Crippen LogP contribution in [0, 0.1) is 5.82 Å². The van der Waals surface area contributed by atoms with Gasteiger partial charge in [0.15, 0.2) is 0 Å². The molecule has 0 unspecified atom stereocenters. The molecular weight excluding hydrogens is 257 g/mol. The molecule has 2 rings (SSSR count). The second-order valence-corrected chi connectivity index (χ2v) is 4.06. The van der Waals surface area contributed by atoms with E-state index >= 15 is 0 Å². The number of rotatable bonds is 2. The molecule has 0 saturated carbocycles. The fourth-order valence-electron chi connectivity index (χ4n) is 1.40. The number of halogens is 2. The van der Waals surface area contributed by atoms with Crippen LogP contribution >= 0.6 is 11.6 Å². The third-order valence-electron chi connectivity index (χ3n) is 2.31. The van der Waals surface area contributed by atoms with E-state index in [1.807, 2.05) is 0 Å². The average Bonchev–Trinajstić information content (AvgIpc) is 2.33. The minimum absolute atomic E-state index is 0.0532. The second kappa shape index (κ2) is 5.06. The van der Waals surface area contributed by atoms with E-state index in [1.54, 1.807) is 0 Å². The van der Waals surface area contributed by atoms with Crippen molar-refractivity contribution < 1.29 is 14.3 Å². The maximum atomic E-state index is 13.5. The lowest BCUT2D eigenvalue weighted by Gasteiger charge is -2.06. The molecule has 18 heavy (non-hydrogen) atoms. The van der Waals surface area contributed by atoms with Crippen molar-refractivity contribution in [1.29, 1.82) is 0 Å². The minimum atomic E-state index is -0.602. The monoisotopic (exact) mass is 265 g/mol. The van der Waals surface area contributed by atoms with E-state index in [9.17, 15) is 9.18 Å². The zero-order valence-electron chi connectivity index (χ0n) is 9.15. The summed E-state index contributed by atoms with van der Waals surface area (Å²) in [6, 6.07) is 9.64. The van der Waals surface area contributed by atoms with E-state index in [1.165, 1.54) is 36.4 Å². The molecule has 2 N–H and O–H groups in total. The lowest BCUT2D eigenvalue weighted by atomic mass is 10.2. The van der Waals surface area contributed by atoms with Crippen LogP contribution in [0.25, 0.3) is 0 Å². The Kier molecular flexibility index (Phi) is 3.48. The van der Waals surface area contributed by atoms with Gasteiger partial charge in [0.05, 0.1) is 5.69 Å². The quantitative estimate of drug-likeness (QED) is 0.874. The normalized spacial score (nSPS) is 10.1. The molecule has 0 saturated heterocycles. The number of carbonyl (C=O) groups excluding carboxylic acids is 1. The summed E-state index contributed by atoms with van der Waals surface area (Å²) < 4.78 is 13.5. The molecule has 5 heteroatoms. The lowest BCUT2D eigenvalue weighted by Crippen LogP contribution is -2.12. The maximum Gasteiger partial charge on any atom is 0.255 e. The van der Waals surface area contributed by atoms with Crippen molar-refractivity contribution in [2.45, 2.75) is 0 Å². The molecule has 92 valence electrons. The van der Waals surface area contributed by atoms with Crippen LogP contribution in [-0.4, -0.2) is 11.0 Å². The Morgan fingerprint density at radius 1 is 1.17 bits per heavy atom. The molecule has 0 heterocycles. The summed E-state index contributed by atoms with van der Waals surface area (Å²) >= 11 is 5.61. The number of phenolic OH excluding ortho intramolecular Hbond substituents is 1. The highest BCUT2D eigenvalue weighted by Gasteiger charge is 2.09. The summed E-state index contributed by atoms with van der Waals surface area (Å²) in [6.07, 6.45) is 0. The number of anilines is 1. The van der Waals surface area contributed by atoms with Gasteiger partial charge in [-0.2, -0.15) is 0 Å². The second-order valence-electron chi connectivity index (χ2n) is 3.63. The van der Waals surface area contributed by atoms with Crippen molar-refractivity contribution in [2.75, 3.05) is 5.32 Å². The van der Waals surface area contributed by atoms with Crippen LogP contribution in [-0.2, 0) is 0 Å². The van der Waals surface area contributed by atoms with Crippen LogP contribution in [0.15, 0.2) is 42.5 Å². The Morgan fingerprint density at radius 2 is 1.83 bits per heavy atom. The molecule has 0 bridgehead atoms. The average molecular weight is 266 g/mol. The highest BCUT2D eigenvalue weighted by atomic mass is 35.5. The number of amides is 1. The zero-order chi connectivity index (χ0) is 13.1. The van der Waals surface area contributed by atoms with Crippen molar-refractivity contribution in [1.82, 2.24) is 0 Å². The predicted molar refractivity (Wildman–Crippen MR) is 67.5 cm³/mol. The molecule has 0 spiro atoms. The van der Waals surface area contributed by atoms with Gasteiger partial charge < -0.3 is 10.4 Å². The summed E-state index contributed by atoms with van der Waals surface area (Å²) in [5.74, 6) is -1.00. The number of hydrogen-bond donors (Lipinski definition) is 2. The van der Waals surface area contributed by atoms with Crippen molar-refractivity contribution in [3.05, 3.63) is 58.9 Å². The van der Waals surface area contributed by atoms with Crippen LogP contribution in [0.4, 0.5) is 10.1 Å². The van der Waals surface area contributed by atoms with Crippen molar-refractivity contribution in [3.8, 4) is 5.75 Å². The van der Waals surface area contributed by atoms with Gasteiger partial charge >= 0.3 is 0 Å². The van der Waals surface area contributed by atoms with Gasteiger partial charge in [0.25, 0.3) is 5.91 Å². The van der Waals surface area contributed by atoms with Crippen LogP contribution in [0.5, 0.6) is 5.75 Å². The first-order valence-corrected chi connectivity index (χ1v) is 5.49. The van der Waals surface area contributed by atoms with E-state index in [0.717, 1.165) is 6.07 Å². The summed E-state index contributed by atoms with van der Waals surface area (Å²) in [5.41, 5.74) is 0.375. The Bertz CT molecular complexity index is 584. The van der Waals surface area contributed by atoms with Crippen molar-refractivity contribution in [3.63, 3.8) is 0 Å². The number of benzene rings is 2. The lowest BCUT2D eigenvalue weighted by molar-refractivity contribution is 0.102. The highest BCUT2D eigenvalue weighted by Crippen LogP contribution is 2.20. The van der Waals surface area contributed by atoms with Crippen LogP contribution in [0.2, 0.25) is 5.02 Å². The first-order valence-electron chi connectivity index (χ1n) is 5.12. The summed E-state index contributed by atoms with van der Waals surface area (Å²) in [6.45, 7) is 0. The molecular formula is C13H9ClFNO2. The van der Waals surface area contributed by atoms with Gasteiger partial charge in [-0.05, 0) is 42.5 Å². The largest absolute Gasteiger partial charge is 0.508 e. The standard InChI is InChI=1S/C13H9ClFNO2/c14-9-3-6-12(11(15)7-9)16-13(18)8-1-4-10(17)5-2-8/h1-7,17H,(H,16,18). The minimum Gasteiger partial charge on any atom is -0.508 e. The van der Waals surface area contributed by atoms with E-state index in [0.29, 0.717) is 5.56 Å². The Labute approximate surface area is 108 Å². The summed E-state index contributed by atoms with van der Waals surface area (Å²) in [7, 11) is 0. The van der Waals surface area contributed by atoms with Gasteiger partial charge in [-0.3, -0.25) is 4.79 Å². The number of phenols is 1. The molecule has 0 aromatic heterocycles. The Morgan fingerprint density at radius 3 is 2.44 bits per heavy atom. The van der Waals surface area contributed by atoms with E-state index in [4.69, 9.17) is 16.7 Å². The highest BCUT2D eigenvalue weighted by molar-refractivity contribution is 6.30. The number of carbonyl (C=O) groups is 1. The number of hydrogen-bond acceptors (Lipinski definition) is 2. The van der Waals surface area contributed by atoms with Crippen LogP contribution < -0.4 is 5.32 Å². The molecule has 2 aromatic rings. The molecule has 0 radical (unpaired) electrons. The molecule has 3 nitrogen and oxygen atoms in total. The smallest absolute Gasteiger partial charge is 0.255 e. The van der Waals surface area contributed by atoms with E-state index in [-0.39, 0.29) is 16.5 Å². The summed E-state index contributed by atoms with van der Waals surface area (Å²) in [4.78, 5) is 11.8. The SMILES string of the molecule is O=C(Nc1ccc(Cl)cc1F)c1ccc(O)cc1. The Hall–Kier alpha value is -2.07. The molecule has 0 aliphatic carbocycles. The van der Waals surface area contributed by atoms with Crippen molar-refractivity contribution >= 4 is 23.2 Å². The molecule has 2 aromatic carbocycles. The van der Waals surface area contributed by atoms with Gasteiger partial charge in [-0.1, -0.05) is 11.6 Å². The fourth-order valence-corrected chi connectivity index (χ4v) is 1.56. The van der Waals surface area contributed by atoms with Gasteiger partial charge in [-0.25, -0.2) is 4.39 Å². The van der Waals surface area contributed by atoms with Gasteiger partial charge in [0, 0.05) is 10.6 Å². The number of aromatic hydroxyl groups is 1.